The fourth-order valence-corrected chi connectivity index (χ4v) is 2.41. The van der Waals surface area contributed by atoms with E-state index in [1.807, 2.05) is 36.4 Å². The van der Waals surface area contributed by atoms with Crippen LogP contribution in [0.3, 0.4) is 0 Å². The van der Waals surface area contributed by atoms with Gasteiger partial charge in [-0.2, -0.15) is 0 Å². The topological polar surface area (TPSA) is 89.3 Å². The fraction of sp³-hybridized carbons (Fsp3) is 0.312. The molecule has 2 aromatic rings. The number of aliphatic hydroxyl groups is 1. The van der Waals surface area contributed by atoms with Crippen molar-refractivity contribution in [1.82, 2.24) is 0 Å². The third-order valence-corrected chi connectivity index (χ3v) is 3.71. The molecule has 0 radical (unpaired) electrons. The lowest BCUT2D eigenvalue weighted by atomic mass is 9.79. The average molecular weight is 272 g/mol. The number of aliphatic hydroxyl groups excluding tert-OH is 1. The first-order valence-corrected chi connectivity index (χ1v) is 6.63. The number of fused-ring (bicyclic) bond motifs is 1. The Morgan fingerprint density at radius 2 is 1.75 bits per heavy atom. The Bertz CT molecular complexity index is 637. The number of hydrogen-bond acceptors (Lipinski definition) is 4. The highest BCUT2D eigenvalue weighted by molar-refractivity contribution is 5.95. The lowest BCUT2D eigenvalue weighted by Gasteiger charge is -2.33. The Kier molecular flexibility index (Phi) is 3.90. The molecule has 0 saturated carbocycles. The first kappa shape index (κ1) is 14.7. The van der Waals surface area contributed by atoms with Crippen molar-refractivity contribution >= 4 is 16.6 Å². The Hall–Kier alpha value is -1.75. The van der Waals surface area contributed by atoms with Gasteiger partial charge in [0.25, 0.3) is 0 Å². The van der Waals surface area contributed by atoms with Crippen LogP contribution in [0.15, 0.2) is 42.5 Å². The van der Waals surface area contributed by atoms with E-state index >= 15 is 0 Å². The summed E-state index contributed by atoms with van der Waals surface area (Å²) in [4.78, 5) is 12.3. The van der Waals surface area contributed by atoms with Crippen LogP contribution in [0.2, 0.25) is 0 Å². The van der Waals surface area contributed by atoms with Crippen molar-refractivity contribution in [2.24, 2.45) is 11.5 Å². The zero-order chi connectivity index (χ0) is 14.9. The maximum atomic E-state index is 12.3. The zero-order valence-corrected chi connectivity index (χ0v) is 11.7. The summed E-state index contributed by atoms with van der Waals surface area (Å²) in [6.45, 7) is 3.09. The predicted molar refractivity (Wildman–Crippen MR) is 80.2 cm³/mol. The molecule has 2 aromatic carbocycles. The molecule has 0 heterocycles. The third-order valence-electron chi connectivity index (χ3n) is 3.71. The normalized spacial score (nSPS) is 17.4. The third kappa shape index (κ3) is 2.33. The van der Waals surface area contributed by atoms with Crippen molar-refractivity contribution in [3.8, 4) is 0 Å². The van der Waals surface area contributed by atoms with Crippen LogP contribution in [-0.4, -0.2) is 23.0 Å². The number of rotatable bonds is 4. The van der Waals surface area contributed by atoms with Crippen LogP contribution in [0, 0.1) is 0 Å². The highest BCUT2D eigenvalue weighted by Gasteiger charge is 2.42. The summed E-state index contributed by atoms with van der Waals surface area (Å²) in [6, 6.07) is 12.5. The monoisotopic (exact) mass is 272 g/mol. The second-order valence-corrected chi connectivity index (χ2v) is 5.26. The molecule has 2 rings (SSSR count). The van der Waals surface area contributed by atoms with Crippen molar-refractivity contribution in [2.45, 2.75) is 31.5 Å². The van der Waals surface area contributed by atoms with Crippen molar-refractivity contribution < 1.29 is 9.90 Å². The molecule has 0 saturated heterocycles. The molecular formula is C16H20N2O2. The van der Waals surface area contributed by atoms with Crippen LogP contribution in [0.25, 0.3) is 10.8 Å². The molecule has 4 heteroatoms. The highest BCUT2D eigenvalue weighted by Crippen LogP contribution is 2.28. The summed E-state index contributed by atoms with van der Waals surface area (Å²) in [5.41, 5.74) is 11.0. The van der Waals surface area contributed by atoms with Gasteiger partial charge in [0.1, 0.15) is 5.54 Å². The van der Waals surface area contributed by atoms with E-state index in [1.54, 1.807) is 13.0 Å². The predicted octanol–water partition coefficient (Wildman–Crippen LogP) is 1.29. The van der Waals surface area contributed by atoms with Crippen molar-refractivity contribution in [2.75, 3.05) is 0 Å². The lowest BCUT2D eigenvalue weighted by Crippen LogP contribution is -2.57. The fourth-order valence-electron chi connectivity index (χ4n) is 2.41. The molecule has 0 spiro atoms. The molecule has 106 valence electrons. The van der Waals surface area contributed by atoms with E-state index in [1.165, 1.54) is 6.92 Å². The molecular weight excluding hydrogens is 252 g/mol. The van der Waals surface area contributed by atoms with Gasteiger partial charge in [-0.3, -0.25) is 4.79 Å². The molecule has 4 nitrogen and oxygen atoms in total. The van der Waals surface area contributed by atoms with E-state index in [0.29, 0.717) is 5.56 Å². The Morgan fingerprint density at radius 1 is 1.15 bits per heavy atom. The van der Waals surface area contributed by atoms with Gasteiger partial charge >= 0.3 is 0 Å². The molecule has 5 N–H and O–H groups in total. The number of Topliss-reactive ketones (excluding diaryl/α,β-unsaturated/α-hetero) is 1. The molecule has 20 heavy (non-hydrogen) atoms. The highest BCUT2D eigenvalue weighted by atomic mass is 16.3. The number of ketones is 1. The molecule has 0 aliphatic heterocycles. The molecule has 0 aliphatic rings. The van der Waals surface area contributed by atoms with Gasteiger partial charge in [-0.05, 0) is 36.2 Å². The number of nitrogens with two attached hydrogens (primary N) is 2. The summed E-state index contributed by atoms with van der Waals surface area (Å²) in [6.07, 6.45) is -1.03. The van der Waals surface area contributed by atoms with Crippen LogP contribution in [-0.2, 0) is 10.3 Å². The number of carbonyl (C=O) groups is 1. The molecule has 0 fully saturated rings. The van der Waals surface area contributed by atoms with Crippen molar-refractivity contribution in [3.05, 3.63) is 48.0 Å². The number of hydrogen-bond donors (Lipinski definition) is 3. The Morgan fingerprint density at radius 3 is 2.30 bits per heavy atom. The Balaban J connectivity index is 2.60. The van der Waals surface area contributed by atoms with E-state index in [4.69, 9.17) is 11.5 Å². The first-order valence-electron chi connectivity index (χ1n) is 6.63. The maximum Gasteiger partial charge on any atom is 0.176 e. The van der Waals surface area contributed by atoms with Gasteiger partial charge in [0.05, 0.1) is 12.1 Å². The van der Waals surface area contributed by atoms with E-state index in [-0.39, 0.29) is 5.78 Å². The van der Waals surface area contributed by atoms with E-state index < -0.39 is 17.7 Å². The summed E-state index contributed by atoms with van der Waals surface area (Å²) in [5.74, 6) is -0.372. The average Bonchev–Trinajstić information content (AvgIpc) is 2.44. The van der Waals surface area contributed by atoms with Gasteiger partial charge in [0.2, 0.25) is 0 Å². The molecule has 0 amide bonds. The summed E-state index contributed by atoms with van der Waals surface area (Å²) in [5, 5.41) is 12.0. The summed E-state index contributed by atoms with van der Waals surface area (Å²) in [7, 11) is 0. The second kappa shape index (κ2) is 5.32. The maximum absolute atomic E-state index is 12.3. The standard InChI is InChI=1S/C16H20N2O2/c1-10(17)15(20)16(18,11(2)19)14-8-7-12-5-3-4-6-13(12)9-14/h3-11,19H,17-18H2,1-2H3/t10-,11?,16?/m0/s1. The minimum absolute atomic E-state index is 0.372. The van der Waals surface area contributed by atoms with Crippen LogP contribution in [0.1, 0.15) is 19.4 Å². The van der Waals surface area contributed by atoms with E-state index in [9.17, 15) is 9.90 Å². The van der Waals surface area contributed by atoms with Gasteiger partial charge in [-0.25, -0.2) is 0 Å². The van der Waals surface area contributed by atoms with Crippen LogP contribution >= 0.6 is 0 Å². The summed E-state index contributed by atoms with van der Waals surface area (Å²) < 4.78 is 0. The van der Waals surface area contributed by atoms with Crippen LogP contribution in [0.4, 0.5) is 0 Å². The number of benzene rings is 2. The van der Waals surface area contributed by atoms with Crippen molar-refractivity contribution in [1.29, 1.82) is 0 Å². The molecule has 2 unspecified atom stereocenters. The van der Waals surface area contributed by atoms with E-state index in [2.05, 4.69) is 0 Å². The number of carbonyl (C=O) groups excluding carboxylic acids is 1. The van der Waals surface area contributed by atoms with Gasteiger partial charge in [0, 0.05) is 0 Å². The van der Waals surface area contributed by atoms with Gasteiger partial charge in [-0.15, -0.1) is 0 Å². The summed E-state index contributed by atoms with van der Waals surface area (Å²) >= 11 is 0. The molecule has 0 aliphatic carbocycles. The molecule has 3 atom stereocenters. The van der Waals surface area contributed by atoms with Gasteiger partial charge in [-0.1, -0.05) is 36.4 Å². The molecule has 0 aromatic heterocycles. The second-order valence-electron chi connectivity index (χ2n) is 5.26. The molecule has 0 bridgehead atoms. The smallest absolute Gasteiger partial charge is 0.176 e. The lowest BCUT2D eigenvalue weighted by molar-refractivity contribution is -0.129. The zero-order valence-electron chi connectivity index (χ0n) is 11.7. The quantitative estimate of drug-likeness (QED) is 0.782. The van der Waals surface area contributed by atoms with E-state index in [0.717, 1.165) is 10.8 Å². The van der Waals surface area contributed by atoms with Gasteiger partial charge < -0.3 is 16.6 Å². The SMILES string of the molecule is CC(O)C(N)(C(=O)[C@H](C)N)c1ccc2ccccc2c1. The minimum Gasteiger partial charge on any atom is -0.391 e. The van der Waals surface area contributed by atoms with Crippen LogP contribution in [0.5, 0.6) is 0 Å². The van der Waals surface area contributed by atoms with Crippen LogP contribution < -0.4 is 11.5 Å². The minimum atomic E-state index is -1.49. The van der Waals surface area contributed by atoms with Crippen molar-refractivity contribution in [3.63, 3.8) is 0 Å². The van der Waals surface area contributed by atoms with Gasteiger partial charge in [0.15, 0.2) is 5.78 Å². The largest absolute Gasteiger partial charge is 0.391 e. The first-order chi connectivity index (χ1) is 9.37. The Labute approximate surface area is 118 Å².